The molecular weight excluding hydrogens is 374 g/mol. The lowest BCUT2D eigenvalue weighted by Gasteiger charge is -2.20. The smallest absolute Gasteiger partial charge is 0.326 e. The third kappa shape index (κ3) is 3.44. The largest absolute Gasteiger partial charge is 0.493 e. The zero-order valence-corrected chi connectivity index (χ0v) is 15.5. The van der Waals surface area contributed by atoms with Gasteiger partial charge in [-0.1, -0.05) is 0 Å². The molecule has 2 fully saturated rings. The molecule has 148 valence electrons. The first-order chi connectivity index (χ1) is 14.1. The molecule has 3 aromatic heterocycles. The van der Waals surface area contributed by atoms with Crippen LogP contribution in [0, 0.1) is 11.3 Å². The number of aromatic amines is 2. The van der Waals surface area contributed by atoms with Gasteiger partial charge in [0.15, 0.2) is 5.65 Å². The van der Waals surface area contributed by atoms with Crippen LogP contribution < -0.4 is 21.4 Å². The molecule has 0 saturated heterocycles. The summed E-state index contributed by atoms with van der Waals surface area (Å²) >= 11 is 0. The number of hydrogen-bond donors (Lipinski definition) is 3. The maximum Gasteiger partial charge on any atom is 0.326 e. The lowest BCUT2D eigenvalue weighted by Crippen LogP contribution is -2.33. The standard InChI is InChI=1S/C18H19N9O2/c19-6-1-7-26(12-4-5-12)16-23-14-10(8-13-15(28)24-18(29)22-13)9-20-27(14)17(25-16)21-11-2-3-11/h8-9,11-12,28H,1-5,7H2,(H2,22,24,29). The number of aromatic nitrogens is 6. The van der Waals surface area contributed by atoms with Gasteiger partial charge in [0.1, 0.15) is 5.69 Å². The van der Waals surface area contributed by atoms with Crippen molar-refractivity contribution in [3.63, 3.8) is 0 Å². The van der Waals surface area contributed by atoms with E-state index in [1.807, 2.05) is 0 Å². The summed E-state index contributed by atoms with van der Waals surface area (Å²) in [7, 11) is 0. The second-order valence-corrected chi connectivity index (χ2v) is 7.34. The number of anilines is 1. The minimum absolute atomic E-state index is 0.245. The van der Waals surface area contributed by atoms with Gasteiger partial charge in [0.2, 0.25) is 11.8 Å². The Hall–Kier alpha value is -3.68. The molecule has 0 amide bonds. The molecule has 11 heteroatoms. The number of nitrogens with one attached hydrogen (secondary N) is 2. The third-order valence-corrected chi connectivity index (χ3v) is 4.96. The molecule has 0 spiro atoms. The van der Waals surface area contributed by atoms with Crippen molar-refractivity contribution in [2.24, 2.45) is 4.99 Å². The van der Waals surface area contributed by atoms with Crippen LogP contribution in [0.5, 0.6) is 5.88 Å². The minimum Gasteiger partial charge on any atom is -0.493 e. The van der Waals surface area contributed by atoms with E-state index >= 15 is 0 Å². The Kier molecular flexibility index (Phi) is 4.04. The van der Waals surface area contributed by atoms with Crippen LogP contribution in [-0.4, -0.2) is 53.3 Å². The van der Waals surface area contributed by atoms with Crippen molar-refractivity contribution in [3.8, 4) is 11.9 Å². The second kappa shape index (κ2) is 6.73. The van der Waals surface area contributed by atoms with Gasteiger partial charge in [0.25, 0.3) is 5.62 Å². The van der Waals surface area contributed by atoms with Crippen molar-refractivity contribution in [2.45, 2.75) is 44.2 Å². The Bertz CT molecular complexity index is 1290. The number of nitrogens with zero attached hydrogens (tertiary/aromatic N) is 7. The van der Waals surface area contributed by atoms with Crippen molar-refractivity contribution in [1.82, 2.24) is 29.5 Å². The fourth-order valence-electron chi connectivity index (χ4n) is 3.20. The predicted molar refractivity (Wildman–Crippen MR) is 102 cm³/mol. The summed E-state index contributed by atoms with van der Waals surface area (Å²) in [6, 6.07) is 2.76. The van der Waals surface area contributed by atoms with Crippen molar-refractivity contribution in [3.05, 3.63) is 33.2 Å². The van der Waals surface area contributed by atoms with Crippen LogP contribution in [0.15, 0.2) is 16.0 Å². The van der Waals surface area contributed by atoms with Gasteiger partial charge in [0.05, 0.1) is 24.7 Å². The molecular formula is C18H19N9O2. The maximum atomic E-state index is 11.4. The van der Waals surface area contributed by atoms with Crippen LogP contribution >= 0.6 is 0 Å². The number of nitriles is 1. The summed E-state index contributed by atoms with van der Waals surface area (Å²) in [5, 5.41) is 23.9. The van der Waals surface area contributed by atoms with Crippen LogP contribution in [0.1, 0.15) is 37.8 Å². The van der Waals surface area contributed by atoms with Crippen molar-refractivity contribution in [2.75, 3.05) is 11.4 Å². The van der Waals surface area contributed by atoms with Gasteiger partial charge >= 0.3 is 5.69 Å². The molecule has 3 heterocycles. The summed E-state index contributed by atoms with van der Waals surface area (Å²) in [4.78, 5) is 32.3. The van der Waals surface area contributed by atoms with Crippen LogP contribution in [0.3, 0.4) is 0 Å². The van der Waals surface area contributed by atoms with E-state index in [0.29, 0.717) is 41.4 Å². The van der Waals surface area contributed by atoms with E-state index in [2.05, 4.69) is 36.0 Å². The highest BCUT2D eigenvalue weighted by Crippen LogP contribution is 2.29. The Morgan fingerprint density at radius 2 is 2.17 bits per heavy atom. The third-order valence-electron chi connectivity index (χ3n) is 4.96. The summed E-state index contributed by atoms with van der Waals surface area (Å²) in [5.41, 5.74) is 0.746. The monoisotopic (exact) mass is 393 g/mol. The Labute approximate surface area is 164 Å². The van der Waals surface area contributed by atoms with Crippen molar-refractivity contribution >= 4 is 17.7 Å². The van der Waals surface area contributed by atoms with Gasteiger partial charge < -0.3 is 15.0 Å². The van der Waals surface area contributed by atoms with Crippen LogP contribution in [-0.2, 0) is 0 Å². The molecule has 2 aliphatic rings. The first-order valence-electron chi connectivity index (χ1n) is 9.58. The molecule has 0 radical (unpaired) electrons. The summed E-state index contributed by atoms with van der Waals surface area (Å²) in [5.74, 6) is 0.275. The van der Waals surface area contributed by atoms with E-state index in [-0.39, 0.29) is 17.6 Å². The first-order valence-corrected chi connectivity index (χ1v) is 9.58. The van der Waals surface area contributed by atoms with Crippen LogP contribution in [0.4, 0.5) is 5.95 Å². The molecule has 0 bridgehead atoms. The number of H-pyrrole nitrogens is 2. The molecule has 0 aliphatic heterocycles. The topological polar surface area (TPSA) is 151 Å². The zero-order chi connectivity index (χ0) is 20.0. The van der Waals surface area contributed by atoms with E-state index in [4.69, 9.17) is 10.2 Å². The van der Waals surface area contributed by atoms with E-state index < -0.39 is 5.69 Å². The highest BCUT2D eigenvalue weighted by molar-refractivity contribution is 5.57. The summed E-state index contributed by atoms with van der Waals surface area (Å²) in [6.45, 7) is 0.555. The lowest BCUT2D eigenvalue weighted by atomic mass is 10.3. The fourth-order valence-corrected chi connectivity index (χ4v) is 3.20. The Balaban J connectivity index is 1.70. The number of hydrogen-bond acceptors (Lipinski definition) is 8. The molecule has 2 aliphatic carbocycles. The van der Waals surface area contributed by atoms with E-state index in [9.17, 15) is 9.90 Å². The Morgan fingerprint density at radius 1 is 1.34 bits per heavy atom. The number of rotatable bonds is 6. The van der Waals surface area contributed by atoms with Crippen LogP contribution in [0.25, 0.3) is 11.7 Å². The van der Waals surface area contributed by atoms with Gasteiger partial charge in [-0.15, -0.1) is 0 Å². The summed E-state index contributed by atoms with van der Waals surface area (Å²) in [6.07, 6.45) is 7.74. The molecule has 2 saturated carbocycles. The van der Waals surface area contributed by atoms with Gasteiger partial charge in [-0.2, -0.15) is 24.8 Å². The second-order valence-electron chi connectivity index (χ2n) is 7.34. The average molecular weight is 393 g/mol. The Morgan fingerprint density at radius 3 is 2.83 bits per heavy atom. The van der Waals surface area contributed by atoms with Crippen molar-refractivity contribution in [1.29, 1.82) is 5.26 Å². The van der Waals surface area contributed by atoms with Crippen molar-refractivity contribution < 1.29 is 5.11 Å². The molecule has 11 nitrogen and oxygen atoms in total. The first kappa shape index (κ1) is 17.4. The van der Waals surface area contributed by atoms with E-state index in [1.165, 1.54) is 0 Å². The van der Waals surface area contributed by atoms with E-state index in [1.54, 1.807) is 16.8 Å². The van der Waals surface area contributed by atoms with E-state index in [0.717, 1.165) is 25.7 Å². The lowest BCUT2D eigenvalue weighted by molar-refractivity contribution is 0.454. The number of imidazole rings is 1. The molecule has 0 aromatic carbocycles. The quantitative estimate of drug-likeness (QED) is 0.503. The SMILES string of the molecule is N#CCCN(c1nc(=NC2CC2)n2ncc(=Cc3[nH]c(=O)[nH]c3O)c2n1)C1CC1. The summed E-state index contributed by atoms with van der Waals surface area (Å²) < 4.78 is 1.57. The number of fused-ring (bicyclic) bond motifs is 1. The average Bonchev–Trinajstić information content (AvgIpc) is 3.61. The fraction of sp³-hybridized carbons (Fsp3) is 0.444. The number of aromatic hydroxyl groups is 1. The molecule has 0 unspecified atom stereocenters. The van der Waals surface area contributed by atoms with Gasteiger partial charge in [-0.3, -0.25) is 4.98 Å². The maximum absolute atomic E-state index is 11.4. The normalized spacial score (nSPS) is 17.8. The van der Waals surface area contributed by atoms with Gasteiger partial charge in [-0.25, -0.2) is 9.79 Å². The molecule has 5 rings (SSSR count). The highest BCUT2D eigenvalue weighted by atomic mass is 16.3. The molecule has 0 atom stereocenters. The van der Waals surface area contributed by atoms with Crippen LogP contribution in [0.2, 0.25) is 0 Å². The van der Waals surface area contributed by atoms with Gasteiger partial charge in [-0.05, 0) is 31.8 Å². The molecule has 3 aromatic rings. The predicted octanol–water partition coefficient (Wildman–Crippen LogP) is -0.660. The highest BCUT2D eigenvalue weighted by Gasteiger charge is 2.31. The van der Waals surface area contributed by atoms with Gasteiger partial charge in [0, 0.05) is 17.8 Å². The zero-order valence-electron chi connectivity index (χ0n) is 15.5. The minimum atomic E-state index is -0.499. The molecule has 3 N–H and O–H groups in total. The molecule has 29 heavy (non-hydrogen) atoms.